The summed E-state index contributed by atoms with van der Waals surface area (Å²) in [5.74, 6) is 0. The SMILES string of the molecule is Cc1cc(C)cc(N2c3cc(C)ccc3B3c4ccccc4N(c4ccc(C(c5ccccc5)(c5ccccc5)c5ccccc5)cc4)c4cc(-c5ccccc5)cc2c43)c1. The largest absolute Gasteiger partial charge is 0.311 e. The van der Waals surface area contributed by atoms with Crippen molar-refractivity contribution < 1.29 is 0 Å². The average Bonchev–Trinajstić information content (AvgIpc) is 3.30. The maximum Gasteiger partial charge on any atom is 0.252 e. The van der Waals surface area contributed by atoms with E-state index in [-0.39, 0.29) is 6.71 Å². The van der Waals surface area contributed by atoms with E-state index in [0.717, 1.165) is 5.69 Å². The molecule has 9 aromatic rings. The van der Waals surface area contributed by atoms with E-state index in [0.29, 0.717) is 0 Å². The van der Waals surface area contributed by atoms with E-state index < -0.39 is 5.41 Å². The molecule has 3 heteroatoms. The molecule has 61 heavy (non-hydrogen) atoms. The summed E-state index contributed by atoms with van der Waals surface area (Å²) in [6.45, 7) is 6.69. The van der Waals surface area contributed by atoms with Gasteiger partial charge in [0.05, 0.1) is 5.41 Å². The van der Waals surface area contributed by atoms with Crippen LogP contribution in [0.3, 0.4) is 0 Å². The molecule has 0 aromatic heterocycles. The minimum Gasteiger partial charge on any atom is -0.311 e. The molecular weight excluding hydrogens is 735 g/mol. The minimum atomic E-state index is -0.534. The second-order valence-corrected chi connectivity index (χ2v) is 16.8. The fourth-order valence-corrected chi connectivity index (χ4v) is 10.4. The van der Waals surface area contributed by atoms with Gasteiger partial charge in [-0.1, -0.05) is 170 Å². The number of hydrogen-bond donors (Lipinski definition) is 0. The highest BCUT2D eigenvalue weighted by atomic mass is 15.2. The van der Waals surface area contributed by atoms with Gasteiger partial charge in [-0.3, -0.25) is 0 Å². The van der Waals surface area contributed by atoms with Crippen LogP contribution >= 0.6 is 0 Å². The van der Waals surface area contributed by atoms with Crippen molar-refractivity contribution in [3.05, 3.63) is 257 Å². The van der Waals surface area contributed by atoms with Gasteiger partial charge in [0, 0.05) is 34.1 Å². The molecular formula is C58H45BN2. The Morgan fingerprint density at radius 1 is 0.328 bits per heavy atom. The van der Waals surface area contributed by atoms with Crippen molar-refractivity contribution in [2.75, 3.05) is 9.80 Å². The molecule has 0 unspecified atom stereocenters. The van der Waals surface area contributed by atoms with Crippen LogP contribution in [0.4, 0.5) is 34.1 Å². The van der Waals surface area contributed by atoms with Crippen molar-refractivity contribution in [2.45, 2.75) is 26.2 Å². The van der Waals surface area contributed by atoms with E-state index in [4.69, 9.17) is 0 Å². The van der Waals surface area contributed by atoms with E-state index >= 15 is 0 Å². The van der Waals surface area contributed by atoms with Crippen molar-refractivity contribution >= 4 is 57.2 Å². The van der Waals surface area contributed by atoms with Crippen molar-refractivity contribution in [1.29, 1.82) is 0 Å². The third-order valence-corrected chi connectivity index (χ3v) is 12.9. The lowest BCUT2D eigenvalue weighted by Crippen LogP contribution is -2.61. The minimum absolute atomic E-state index is 0.0567. The quantitative estimate of drug-likeness (QED) is 0.117. The summed E-state index contributed by atoms with van der Waals surface area (Å²) >= 11 is 0. The zero-order valence-corrected chi connectivity index (χ0v) is 34.8. The first kappa shape index (κ1) is 36.7. The first-order chi connectivity index (χ1) is 30.0. The van der Waals surface area contributed by atoms with Crippen LogP contribution in [0.2, 0.25) is 0 Å². The van der Waals surface area contributed by atoms with Gasteiger partial charge in [0.25, 0.3) is 6.71 Å². The number of rotatable bonds is 7. The highest BCUT2D eigenvalue weighted by Crippen LogP contribution is 2.49. The van der Waals surface area contributed by atoms with Gasteiger partial charge >= 0.3 is 0 Å². The van der Waals surface area contributed by atoms with Crippen molar-refractivity contribution in [1.82, 2.24) is 0 Å². The first-order valence-electron chi connectivity index (χ1n) is 21.4. The molecule has 0 saturated heterocycles. The van der Waals surface area contributed by atoms with Crippen LogP contribution in [0, 0.1) is 20.8 Å². The molecule has 2 aliphatic heterocycles. The molecule has 0 N–H and O–H groups in total. The van der Waals surface area contributed by atoms with Gasteiger partial charge < -0.3 is 9.80 Å². The molecule has 290 valence electrons. The summed E-state index contributed by atoms with van der Waals surface area (Å²) in [6.07, 6.45) is 0. The second kappa shape index (κ2) is 14.7. The Kier molecular flexibility index (Phi) is 8.86. The highest BCUT2D eigenvalue weighted by Gasteiger charge is 2.44. The maximum absolute atomic E-state index is 2.53. The molecule has 9 aromatic carbocycles. The Labute approximate surface area is 360 Å². The molecule has 0 fully saturated rings. The molecule has 11 rings (SSSR count). The summed E-state index contributed by atoms with van der Waals surface area (Å²) in [5.41, 5.74) is 21.7. The predicted molar refractivity (Wildman–Crippen MR) is 258 cm³/mol. The van der Waals surface area contributed by atoms with Crippen LogP contribution in [-0.2, 0) is 5.41 Å². The Bertz CT molecular complexity index is 2940. The standard InChI is InChI=1S/C58H45BN2/c1-40-28-33-52-54(37-40)61(50-35-41(2)34-42(3)36-50)56-39-44(43-18-8-4-9-19-43)38-55-57(56)59(52)51-26-16-17-27-53(51)60(55)49-31-29-48(30-32-49)58(45-20-10-5-11-21-45,46-22-12-6-13-23-46)47-24-14-7-15-25-47/h4-39H,1-3H3. The zero-order valence-electron chi connectivity index (χ0n) is 34.8. The van der Waals surface area contributed by atoms with Crippen LogP contribution in [0.5, 0.6) is 0 Å². The number of nitrogens with zero attached hydrogens (tertiary/aromatic N) is 2. The van der Waals surface area contributed by atoms with E-state index in [2.05, 4.69) is 249 Å². The van der Waals surface area contributed by atoms with Crippen molar-refractivity contribution in [3.8, 4) is 11.1 Å². The number of fused-ring (bicyclic) bond motifs is 4. The molecule has 0 atom stereocenters. The molecule has 0 spiro atoms. The van der Waals surface area contributed by atoms with E-state index in [1.54, 1.807) is 0 Å². The lowest BCUT2D eigenvalue weighted by Gasteiger charge is -2.44. The average molecular weight is 781 g/mol. The number of anilines is 6. The summed E-state index contributed by atoms with van der Waals surface area (Å²) in [7, 11) is 0. The summed E-state index contributed by atoms with van der Waals surface area (Å²) in [4.78, 5) is 5.06. The lowest BCUT2D eigenvalue weighted by atomic mass is 9.33. The Balaban J connectivity index is 1.18. The number of benzene rings is 9. The fourth-order valence-electron chi connectivity index (χ4n) is 10.4. The molecule has 0 amide bonds. The summed E-state index contributed by atoms with van der Waals surface area (Å²) in [5, 5.41) is 0. The van der Waals surface area contributed by atoms with Crippen molar-refractivity contribution in [2.24, 2.45) is 0 Å². The van der Waals surface area contributed by atoms with Gasteiger partial charge in [-0.2, -0.15) is 0 Å². The normalized spacial score (nSPS) is 12.7. The summed E-state index contributed by atoms with van der Waals surface area (Å²) in [6, 6.07) is 81.2. The molecule has 0 saturated carbocycles. The second-order valence-electron chi connectivity index (χ2n) is 16.8. The van der Waals surface area contributed by atoms with Crippen LogP contribution in [-0.4, -0.2) is 6.71 Å². The topological polar surface area (TPSA) is 6.48 Å². The lowest BCUT2D eigenvalue weighted by molar-refractivity contribution is 0.745. The molecule has 2 heterocycles. The number of para-hydroxylation sites is 1. The Morgan fingerprint density at radius 3 is 1.38 bits per heavy atom. The molecule has 0 bridgehead atoms. The van der Waals surface area contributed by atoms with Gasteiger partial charge in [-0.25, -0.2) is 0 Å². The van der Waals surface area contributed by atoms with Gasteiger partial charge in [-0.15, -0.1) is 0 Å². The molecule has 2 aliphatic rings. The Hall–Kier alpha value is -7.36. The fraction of sp³-hybridized carbons (Fsp3) is 0.0690. The number of aryl methyl sites for hydroxylation is 3. The van der Waals surface area contributed by atoms with Gasteiger partial charge in [0.2, 0.25) is 0 Å². The molecule has 0 aliphatic carbocycles. The Morgan fingerprint density at radius 2 is 0.803 bits per heavy atom. The van der Waals surface area contributed by atoms with Crippen LogP contribution < -0.4 is 26.2 Å². The zero-order chi connectivity index (χ0) is 41.1. The predicted octanol–water partition coefficient (Wildman–Crippen LogP) is 12.7. The summed E-state index contributed by atoms with van der Waals surface area (Å²) < 4.78 is 0. The third-order valence-electron chi connectivity index (χ3n) is 12.9. The van der Waals surface area contributed by atoms with E-state index in [1.165, 1.54) is 94.9 Å². The smallest absolute Gasteiger partial charge is 0.252 e. The molecule has 0 radical (unpaired) electrons. The van der Waals surface area contributed by atoms with Crippen LogP contribution in [0.15, 0.2) is 218 Å². The molecule has 2 nitrogen and oxygen atoms in total. The monoisotopic (exact) mass is 780 g/mol. The third kappa shape index (κ3) is 5.95. The van der Waals surface area contributed by atoms with Crippen molar-refractivity contribution in [3.63, 3.8) is 0 Å². The van der Waals surface area contributed by atoms with Gasteiger partial charge in [0.1, 0.15) is 0 Å². The van der Waals surface area contributed by atoms with Crippen LogP contribution in [0.1, 0.15) is 38.9 Å². The van der Waals surface area contributed by atoms with Gasteiger partial charge in [-0.05, 0) is 136 Å². The first-order valence-corrected chi connectivity index (χ1v) is 21.4. The van der Waals surface area contributed by atoms with Gasteiger partial charge in [0.15, 0.2) is 0 Å². The van der Waals surface area contributed by atoms with Crippen LogP contribution in [0.25, 0.3) is 11.1 Å². The number of hydrogen-bond acceptors (Lipinski definition) is 2. The maximum atomic E-state index is 2.53. The highest BCUT2D eigenvalue weighted by molar-refractivity contribution is 7.00. The van der Waals surface area contributed by atoms with E-state index in [1.807, 2.05) is 0 Å². The van der Waals surface area contributed by atoms with E-state index in [9.17, 15) is 0 Å².